The van der Waals surface area contributed by atoms with E-state index in [4.69, 9.17) is 0 Å². The number of nitrogens with zero attached hydrogens (tertiary/aromatic N) is 3. The Morgan fingerprint density at radius 2 is 1.88 bits per heavy atom. The number of imidazole rings is 1. The number of para-hydroxylation sites is 1. The molecule has 0 radical (unpaired) electrons. The van der Waals surface area contributed by atoms with Crippen molar-refractivity contribution in [3.8, 4) is 5.69 Å². The number of nitrogens with one attached hydrogen (secondary N) is 2. The molecule has 2 N–H and O–H groups in total. The first-order valence-corrected chi connectivity index (χ1v) is 8.00. The molecule has 4 rings (SSSR count). The molecule has 6 heteroatoms. The summed E-state index contributed by atoms with van der Waals surface area (Å²) in [5, 5.41) is 9.61. The van der Waals surface area contributed by atoms with Crippen LogP contribution in [0.1, 0.15) is 21.9 Å². The molecule has 2 heterocycles. The zero-order valence-corrected chi connectivity index (χ0v) is 13.9. The van der Waals surface area contributed by atoms with Gasteiger partial charge in [-0.05, 0) is 44.2 Å². The predicted molar refractivity (Wildman–Crippen MR) is 97.1 cm³/mol. The number of anilines is 1. The van der Waals surface area contributed by atoms with Crippen LogP contribution in [0.25, 0.3) is 16.7 Å². The maximum absolute atomic E-state index is 12.4. The fourth-order valence-electron chi connectivity index (χ4n) is 2.92. The number of H-pyrrole nitrogens is 1. The zero-order chi connectivity index (χ0) is 17.4. The van der Waals surface area contributed by atoms with E-state index in [0.717, 1.165) is 28.2 Å². The Kier molecular flexibility index (Phi) is 3.57. The molecular formula is C19H17N5O. The van der Waals surface area contributed by atoms with Crippen LogP contribution in [0.2, 0.25) is 0 Å². The minimum absolute atomic E-state index is 0.208. The third-order valence-corrected chi connectivity index (χ3v) is 4.05. The molecule has 4 aromatic rings. The highest BCUT2D eigenvalue weighted by molar-refractivity contribution is 6.05. The van der Waals surface area contributed by atoms with Crippen LogP contribution in [0.4, 0.5) is 5.82 Å². The van der Waals surface area contributed by atoms with E-state index in [-0.39, 0.29) is 5.91 Å². The summed E-state index contributed by atoms with van der Waals surface area (Å²) in [7, 11) is 0. The van der Waals surface area contributed by atoms with Gasteiger partial charge in [0.15, 0.2) is 5.82 Å². The highest BCUT2D eigenvalue weighted by atomic mass is 16.1. The van der Waals surface area contributed by atoms with Crippen molar-refractivity contribution in [1.29, 1.82) is 0 Å². The second kappa shape index (κ2) is 5.90. The molecule has 0 bridgehead atoms. The minimum atomic E-state index is -0.208. The summed E-state index contributed by atoms with van der Waals surface area (Å²) in [4.78, 5) is 17.0. The summed E-state index contributed by atoms with van der Waals surface area (Å²) in [6.45, 7) is 3.84. The number of hydrogen-bond acceptors (Lipinski definition) is 3. The largest absolute Gasteiger partial charge is 0.305 e. The predicted octanol–water partition coefficient (Wildman–Crippen LogP) is 3.62. The maximum atomic E-state index is 12.4. The van der Waals surface area contributed by atoms with Crippen LogP contribution in [-0.4, -0.2) is 25.7 Å². The van der Waals surface area contributed by atoms with Crippen LogP contribution in [0.15, 0.2) is 54.6 Å². The number of aromatic nitrogens is 4. The first-order chi connectivity index (χ1) is 12.1. The molecule has 0 saturated carbocycles. The van der Waals surface area contributed by atoms with Gasteiger partial charge >= 0.3 is 0 Å². The highest BCUT2D eigenvalue weighted by Crippen LogP contribution is 2.22. The van der Waals surface area contributed by atoms with Crippen molar-refractivity contribution in [3.05, 3.63) is 71.7 Å². The molecule has 0 aliphatic carbocycles. The second-order valence-electron chi connectivity index (χ2n) is 5.92. The van der Waals surface area contributed by atoms with Gasteiger partial charge in [0.05, 0.1) is 11.0 Å². The Bertz CT molecular complexity index is 1060. The van der Waals surface area contributed by atoms with Crippen molar-refractivity contribution in [2.75, 3.05) is 5.32 Å². The molecule has 0 saturated heterocycles. The lowest BCUT2D eigenvalue weighted by molar-refractivity contribution is 0.102. The van der Waals surface area contributed by atoms with Gasteiger partial charge < -0.3 is 5.32 Å². The van der Waals surface area contributed by atoms with Gasteiger partial charge in [-0.3, -0.25) is 14.5 Å². The first kappa shape index (κ1) is 15.1. The van der Waals surface area contributed by atoms with Crippen LogP contribution in [-0.2, 0) is 0 Å². The molecule has 0 unspecified atom stereocenters. The molecule has 1 amide bonds. The Labute approximate surface area is 144 Å². The molecule has 25 heavy (non-hydrogen) atoms. The van der Waals surface area contributed by atoms with Crippen molar-refractivity contribution >= 4 is 22.8 Å². The van der Waals surface area contributed by atoms with E-state index in [2.05, 4.69) is 25.1 Å². The van der Waals surface area contributed by atoms with E-state index in [1.807, 2.05) is 50.2 Å². The number of aromatic amines is 1. The van der Waals surface area contributed by atoms with Gasteiger partial charge in [0.25, 0.3) is 5.91 Å². The standard InChI is InChI=1S/C19H17N5O/c1-12-10-18(23-22-12)21-19(25)14-8-9-17-16(11-14)20-13(2)24(17)15-6-4-3-5-7-15/h3-11H,1-2H3,(H2,21,22,23,25). The lowest BCUT2D eigenvalue weighted by Gasteiger charge is -2.07. The number of carbonyl (C=O) groups excluding carboxylic acids is 1. The van der Waals surface area contributed by atoms with Crippen LogP contribution in [0.5, 0.6) is 0 Å². The third-order valence-electron chi connectivity index (χ3n) is 4.05. The molecule has 0 aliphatic heterocycles. The van der Waals surface area contributed by atoms with Gasteiger partial charge in [0.2, 0.25) is 0 Å². The Balaban J connectivity index is 1.71. The van der Waals surface area contributed by atoms with Crippen molar-refractivity contribution in [2.45, 2.75) is 13.8 Å². The monoisotopic (exact) mass is 331 g/mol. The fraction of sp³-hybridized carbons (Fsp3) is 0.105. The number of fused-ring (bicyclic) bond motifs is 1. The average molecular weight is 331 g/mol. The van der Waals surface area contributed by atoms with Gasteiger partial charge in [-0.15, -0.1) is 0 Å². The highest BCUT2D eigenvalue weighted by Gasteiger charge is 2.13. The van der Waals surface area contributed by atoms with E-state index in [0.29, 0.717) is 11.4 Å². The van der Waals surface area contributed by atoms with Crippen LogP contribution in [0, 0.1) is 13.8 Å². The van der Waals surface area contributed by atoms with Crippen molar-refractivity contribution in [2.24, 2.45) is 0 Å². The third kappa shape index (κ3) is 2.78. The summed E-state index contributed by atoms with van der Waals surface area (Å²) in [5.74, 6) is 1.18. The fourth-order valence-corrected chi connectivity index (χ4v) is 2.92. The van der Waals surface area contributed by atoms with Gasteiger partial charge in [-0.2, -0.15) is 5.10 Å². The van der Waals surface area contributed by atoms with Crippen LogP contribution < -0.4 is 5.32 Å². The molecule has 0 aliphatic rings. The number of benzene rings is 2. The Morgan fingerprint density at radius 1 is 1.08 bits per heavy atom. The summed E-state index contributed by atoms with van der Waals surface area (Å²) >= 11 is 0. The van der Waals surface area contributed by atoms with Gasteiger partial charge in [-0.25, -0.2) is 4.98 Å². The Hall–Kier alpha value is -3.41. The second-order valence-corrected chi connectivity index (χ2v) is 5.92. The Morgan fingerprint density at radius 3 is 2.60 bits per heavy atom. The first-order valence-electron chi connectivity index (χ1n) is 8.00. The SMILES string of the molecule is Cc1cc(NC(=O)c2ccc3c(c2)nc(C)n3-c2ccccc2)n[nH]1. The summed E-state index contributed by atoms with van der Waals surface area (Å²) in [6, 6.07) is 17.4. The number of carbonyl (C=O) groups is 1. The minimum Gasteiger partial charge on any atom is -0.305 e. The number of rotatable bonds is 3. The molecule has 0 fully saturated rings. The van der Waals surface area contributed by atoms with E-state index in [1.54, 1.807) is 18.2 Å². The molecule has 2 aromatic heterocycles. The van der Waals surface area contributed by atoms with E-state index < -0.39 is 0 Å². The average Bonchev–Trinajstić information content (AvgIpc) is 3.16. The van der Waals surface area contributed by atoms with E-state index in [1.165, 1.54) is 0 Å². The normalized spacial score (nSPS) is 11.0. The van der Waals surface area contributed by atoms with E-state index >= 15 is 0 Å². The number of amides is 1. The molecule has 2 aromatic carbocycles. The van der Waals surface area contributed by atoms with Crippen LogP contribution >= 0.6 is 0 Å². The topological polar surface area (TPSA) is 75.6 Å². The zero-order valence-electron chi connectivity index (χ0n) is 13.9. The summed E-state index contributed by atoms with van der Waals surface area (Å²) in [6.07, 6.45) is 0. The lowest BCUT2D eigenvalue weighted by atomic mass is 10.2. The molecule has 0 atom stereocenters. The van der Waals surface area contributed by atoms with Crippen molar-refractivity contribution in [3.63, 3.8) is 0 Å². The molecule has 0 spiro atoms. The number of hydrogen-bond donors (Lipinski definition) is 2. The maximum Gasteiger partial charge on any atom is 0.256 e. The molecular weight excluding hydrogens is 314 g/mol. The van der Waals surface area contributed by atoms with Gasteiger partial charge in [0.1, 0.15) is 5.82 Å². The molecule has 6 nitrogen and oxygen atoms in total. The van der Waals surface area contributed by atoms with E-state index in [9.17, 15) is 4.79 Å². The quantitative estimate of drug-likeness (QED) is 0.602. The summed E-state index contributed by atoms with van der Waals surface area (Å²) < 4.78 is 2.08. The number of aryl methyl sites for hydroxylation is 2. The van der Waals surface area contributed by atoms with Gasteiger partial charge in [0, 0.05) is 23.0 Å². The summed E-state index contributed by atoms with van der Waals surface area (Å²) in [5.41, 5.74) is 4.24. The lowest BCUT2D eigenvalue weighted by Crippen LogP contribution is -2.12. The van der Waals surface area contributed by atoms with Gasteiger partial charge in [-0.1, -0.05) is 18.2 Å². The molecule has 124 valence electrons. The van der Waals surface area contributed by atoms with Crippen molar-refractivity contribution < 1.29 is 4.79 Å². The van der Waals surface area contributed by atoms with Crippen molar-refractivity contribution in [1.82, 2.24) is 19.7 Å². The van der Waals surface area contributed by atoms with Crippen LogP contribution in [0.3, 0.4) is 0 Å². The smallest absolute Gasteiger partial charge is 0.256 e.